The van der Waals surface area contributed by atoms with Gasteiger partial charge in [-0.3, -0.25) is 0 Å². The first kappa shape index (κ1) is 18.7. The number of fused-ring (bicyclic) bond motifs is 1. The van der Waals surface area contributed by atoms with Crippen LogP contribution in [0.5, 0.6) is 11.5 Å². The number of esters is 1. The van der Waals surface area contributed by atoms with Crippen LogP contribution in [0.2, 0.25) is 0 Å². The van der Waals surface area contributed by atoms with Crippen LogP contribution in [-0.2, 0) is 9.53 Å². The molecule has 0 radical (unpaired) electrons. The van der Waals surface area contributed by atoms with Gasteiger partial charge in [0.2, 0.25) is 5.95 Å². The number of unbranched alkanes of at least 4 members (excludes halogenated alkanes) is 1. The number of nitrogens with zero attached hydrogens (tertiary/aromatic N) is 4. The Hall–Kier alpha value is -3.10. The zero-order chi connectivity index (χ0) is 19.4. The van der Waals surface area contributed by atoms with Crippen molar-refractivity contribution in [1.82, 2.24) is 20.2 Å². The van der Waals surface area contributed by atoms with Crippen molar-refractivity contribution < 1.29 is 19.0 Å². The van der Waals surface area contributed by atoms with E-state index in [1.807, 2.05) is 19.1 Å². The van der Waals surface area contributed by atoms with Crippen molar-refractivity contribution in [3.8, 4) is 11.5 Å². The third-order valence-electron chi connectivity index (χ3n) is 4.39. The maximum absolute atomic E-state index is 12.9. The molecule has 1 aromatic carbocycles. The van der Waals surface area contributed by atoms with Gasteiger partial charge in [0.1, 0.15) is 6.04 Å². The number of para-hydroxylation sites is 1. The lowest BCUT2D eigenvalue weighted by atomic mass is 9.94. The molecule has 1 atom stereocenters. The predicted octanol–water partition coefficient (Wildman–Crippen LogP) is 2.32. The van der Waals surface area contributed by atoms with E-state index in [2.05, 4.69) is 20.8 Å². The van der Waals surface area contributed by atoms with Gasteiger partial charge in [0.15, 0.2) is 11.5 Å². The van der Waals surface area contributed by atoms with Crippen LogP contribution in [-0.4, -0.2) is 47.0 Å². The lowest BCUT2D eigenvalue weighted by molar-refractivity contribution is -0.139. The van der Waals surface area contributed by atoms with Crippen molar-refractivity contribution in [1.29, 1.82) is 0 Å². The molecule has 144 valence electrons. The predicted molar refractivity (Wildman–Crippen MR) is 97.7 cm³/mol. The Morgan fingerprint density at radius 2 is 2.11 bits per heavy atom. The molecule has 0 bridgehead atoms. The smallest absolute Gasteiger partial charge is 0.338 e. The van der Waals surface area contributed by atoms with Crippen molar-refractivity contribution in [3.05, 3.63) is 35.0 Å². The molecule has 0 saturated carbocycles. The number of allylic oxidation sites excluding steroid dienone is 1. The molecule has 27 heavy (non-hydrogen) atoms. The molecule has 3 rings (SSSR count). The summed E-state index contributed by atoms with van der Waals surface area (Å²) in [6.45, 7) is 4.20. The van der Waals surface area contributed by atoms with Gasteiger partial charge < -0.3 is 19.5 Å². The largest absolute Gasteiger partial charge is 0.493 e. The fraction of sp³-hybridized carbons (Fsp3) is 0.444. The average molecular weight is 373 g/mol. The van der Waals surface area contributed by atoms with Gasteiger partial charge in [0, 0.05) is 11.3 Å². The third kappa shape index (κ3) is 3.44. The Morgan fingerprint density at radius 3 is 2.81 bits per heavy atom. The summed E-state index contributed by atoms with van der Waals surface area (Å²) >= 11 is 0. The van der Waals surface area contributed by atoms with Crippen LogP contribution in [0.1, 0.15) is 38.3 Å². The minimum Gasteiger partial charge on any atom is -0.493 e. The number of carbonyl (C=O) groups is 1. The number of ether oxygens (including phenoxy) is 3. The maximum atomic E-state index is 12.9. The maximum Gasteiger partial charge on any atom is 0.338 e. The molecule has 9 heteroatoms. The van der Waals surface area contributed by atoms with E-state index in [1.54, 1.807) is 31.9 Å². The van der Waals surface area contributed by atoms with Crippen LogP contribution in [0.3, 0.4) is 0 Å². The first-order chi connectivity index (χ1) is 13.1. The molecule has 0 amide bonds. The van der Waals surface area contributed by atoms with Crippen LogP contribution in [0.15, 0.2) is 29.5 Å². The van der Waals surface area contributed by atoms with Crippen LogP contribution < -0.4 is 14.8 Å². The normalized spacial score (nSPS) is 15.8. The second kappa shape index (κ2) is 8.07. The zero-order valence-corrected chi connectivity index (χ0v) is 15.9. The van der Waals surface area contributed by atoms with Gasteiger partial charge in [-0.25, -0.2) is 4.79 Å². The first-order valence-electron chi connectivity index (χ1n) is 8.76. The van der Waals surface area contributed by atoms with Crippen molar-refractivity contribution in [2.24, 2.45) is 0 Å². The molecule has 2 heterocycles. The Bertz CT molecular complexity index is 861. The molecular formula is C18H23N5O4. The number of carbonyl (C=O) groups excluding carboxylic acids is 1. The third-order valence-corrected chi connectivity index (χ3v) is 4.39. The fourth-order valence-corrected chi connectivity index (χ4v) is 3.08. The molecule has 1 aromatic heterocycles. The summed E-state index contributed by atoms with van der Waals surface area (Å²) in [6.07, 6.45) is 1.74. The highest BCUT2D eigenvalue weighted by Crippen LogP contribution is 2.42. The van der Waals surface area contributed by atoms with Crippen molar-refractivity contribution >= 4 is 11.9 Å². The molecule has 1 aliphatic heterocycles. The van der Waals surface area contributed by atoms with E-state index in [-0.39, 0.29) is 0 Å². The summed E-state index contributed by atoms with van der Waals surface area (Å²) in [5.41, 5.74) is 1.76. The fourth-order valence-electron chi connectivity index (χ4n) is 3.08. The van der Waals surface area contributed by atoms with E-state index in [0.29, 0.717) is 40.9 Å². The molecule has 0 fully saturated rings. The molecule has 0 saturated heterocycles. The Kier molecular flexibility index (Phi) is 5.58. The van der Waals surface area contributed by atoms with Crippen LogP contribution in [0, 0.1) is 0 Å². The van der Waals surface area contributed by atoms with Gasteiger partial charge in [-0.05, 0) is 29.8 Å². The SMILES string of the molecule is CCCCOC(=O)C1=C(C)Nc2nnnn2[C@H]1c1cccc(OC)c1OC. The molecule has 0 aliphatic carbocycles. The molecule has 0 spiro atoms. The van der Waals surface area contributed by atoms with Gasteiger partial charge in [0.05, 0.1) is 26.4 Å². The first-order valence-corrected chi connectivity index (χ1v) is 8.76. The number of anilines is 1. The van der Waals surface area contributed by atoms with Crippen molar-refractivity contribution in [3.63, 3.8) is 0 Å². The van der Waals surface area contributed by atoms with Gasteiger partial charge in [-0.1, -0.05) is 30.6 Å². The second-order valence-electron chi connectivity index (χ2n) is 6.09. The summed E-state index contributed by atoms with van der Waals surface area (Å²) in [7, 11) is 3.12. The highest BCUT2D eigenvalue weighted by molar-refractivity contribution is 5.92. The highest BCUT2D eigenvalue weighted by atomic mass is 16.5. The highest BCUT2D eigenvalue weighted by Gasteiger charge is 2.37. The van der Waals surface area contributed by atoms with E-state index >= 15 is 0 Å². The summed E-state index contributed by atoms with van der Waals surface area (Å²) in [4.78, 5) is 12.9. The van der Waals surface area contributed by atoms with Crippen LogP contribution in [0.4, 0.5) is 5.95 Å². The number of hydrogen-bond acceptors (Lipinski definition) is 8. The minimum atomic E-state index is -0.601. The Balaban J connectivity index is 2.11. The number of aromatic nitrogens is 4. The minimum absolute atomic E-state index is 0.358. The van der Waals surface area contributed by atoms with E-state index in [9.17, 15) is 4.79 Å². The summed E-state index contributed by atoms with van der Waals surface area (Å²) in [5, 5.41) is 14.8. The summed E-state index contributed by atoms with van der Waals surface area (Å²) < 4.78 is 18.0. The van der Waals surface area contributed by atoms with E-state index in [0.717, 1.165) is 12.8 Å². The summed E-state index contributed by atoms with van der Waals surface area (Å²) in [6, 6.07) is 4.88. The topological polar surface area (TPSA) is 100 Å². The average Bonchev–Trinajstić information content (AvgIpc) is 3.14. The quantitative estimate of drug-likeness (QED) is 0.583. The van der Waals surface area contributed by atoms with Crippen molar-refractivity contribution in [2.75, 3.05) is 26.1 Å². The van der Waals surface area contributed by atoms with Crippen LogP contribution >= 0.6 is 0 Å². The monoisotopic (exact) mass is 373 g/mol. The van der Waals surface area contributed by atoms with E-state index in [1.165, 1.54) is 0 Å². The molecule has 9 nitrogen and oxygen atoms in total. The lowest BCUT2D eigenvalue weighted by Gasteiger charge is -2.28. The van der Waals surface area contributed by atoms with Gasteiger partial charge in [-0.15, -0.1) is 0 Å². The second-order valence-corrected chi connectivity index (χ2v) is 6.09. The number of methoxy groups -OCH3 is 2. The molecule has 1 N–H and O–H groups in total. The lowest BCUT2D eigenvalue weighted by Crippen LogP contribution is -2.30. The molecule has 2 aromatic rings. The number of hydrogen-bond donors (Lipinski definition) is 1. The number of nitrogens with one attached hydrogen (secondary N) is 1. The van der Waals surface area contributed by atoms with Gasteiger partial charge >= 0.3 is 5.97 Å². The van der Waals surface area contributed by atoms with E-state index in [4.69, 9.17) is 14.2 Å². The standard InChI is InChI=1S/C18H23N5O4/c1-5-6-10-27-17(24)14-11(2)19-18-20-21-22-23(18)15(14)12-8-7-9-13(25-3)16(12)26-4/h7-9,15H,5-6,10H2,1-4H3,(H,19,20,22)/t15-/m0/s1. The molecule has 0 unspecified atom stereocenters. The van der Waals surface area contributed by atoms with Gasteiger partial charge in [-0.2, -0.15) is 4.68 Å². The van der Waals surface area contributed by atoms with Crippen LogP contribution in [0.25, 0.3) is 0 Å². The zero-order valence-electron chi connectivity index (χ0n) is 15.9. The Morgan fingerprint density at radius 1 is 1.30 bits per heavy atom. The Labute approximate surface area is 157 Å². The number of benzene rings is 1. The van der Waals surface area contributed by atoms with Crippen molar-refractivity contribution in [2.45, 2.75) is 32.7 Å². The number of rotatable bonds is 7. The van der Waals surface area contributed by atoms with Gasteiger partial charge in [0.25, 0.3) is 0 Å². The molecular weight excluding hydrogens is 350 g/mol. The summed E-state index contributed by atoms with van der Waals surface area (Å²) in [5.74, 6) is 1.09. The molecule has 1 aliphatic rings. The van der Waals surface area contributed by atoms with E-state index < -0.39 is 12.0 Å². The number of tetrazole rings is 1.